The van der Waals surface area contributed by atoms with E-state index in [-0.39, 0.29) is 0 Å². The number of nitrogens with one attached hydrogen (secondary N) is 1. The van der Waals surface area contributed by atoms with Gasteiger partial charge in [0.1, 0.15) is 0 Å². The smallest absolute Gasteiger partial charge is 0.0208 e. The van der Waals surface area contributed by atoms with Crippen LogP contribution >= 0.6 is 0 Å². The van der Waals surface area contributed by atoms with Gasteiger partial charge in [0.15, 0.2) is 0 Å². The summed E-state index contributed by atoms with van der Waals surface area (Å²) < 4.78 is 0. The SMILES string of the molecule is CC(NCc1ccc2ccccc2c1)C(CC=Cc1ccc2ccccc2c1)c1ccccc1. The minimum absolute atomic E-state index is 0.343. The third kappa shape index (κ3) is 5.27. The van der Waals surface area contributed by atoms with E-state index in [0.29, 0.717) is 12.0 Å². The van der Waals surface area contributed by atoms with Gasteiger partial charge in [-0.3, -0.25) is 0 Å². The topological polar surface area (TPSA) is 12.0 Å². The van der Waals surface area contributed by atoms with E-state index in [1.165, 1.54) is 38.2 Å². The zero-order valence-electron chi connectivity index (χ0n) is 19.7. The molecule has 0 radical (unpaired) electrons. The third-order valence-electron chi connectivity index (χ3n) is 6.75. The monoisotopic (exact) mass is 441 g/mol. The molecule has 0 spiro atoms. The summed E-state index contributed by atoms with van der Waals surface area (Å²) in [4.78, 5) is 0. The highest BCUT2D eigenvalue weighted by Gasteiger charge is 2.17. The summed E-state index contributed by atoms with van der Waals surface area (Å²) in [6.07, 6.45) is 5.58. The van der Waals surface area contributed by atoms with Gasteiger partial charge in [-0.2, -0.15) is 0 Å². The normalized spacial score (nSPS) is 13.4. The van der Waals surface area contributed by atoms with Gasteiger partial charge >= 0.3 is 0 Å². The Labute approximate surface area is 202 Å². The second-order valence-electron chi connectivity index (χ2n) is 9.11. The molecule has 1 N–H and O–H groups in total. The zero-order valence-corrected chi connectivity index (χ0v) is 19.7. The number of fused-ring (bicyclic) bond motifs is 2. The Bertz CT molecular complexity index is 1400. The fourth-order valence-electron chi connectivity index (χ4n) is 4.76. The number of allylic oxidation sites excluding steroid dienone is 1. The lowest BCUT2D eigenvalue weighted by molar-refractivity contribution is 0.460. The summed E-state index contributed by atoms with van der Waals surface area (Å²) in [7, 11) is 0. The highest BCUT2D eigenvalue weighted by Crippen LogP contribution is 2.26. The van der Waals surface area contributed by atoms with Crippen molar-refractivity contribution < 1.29 is 0 Å². The molecule has 0 bridgehead atoms. The molecule has 0 aliphatic heterocycles. The molecule has 2 atom stereocenters. The zero-order chi connectivity index (χ0) is 23.2. The van der Waals surface area contributed by atoms with Crippen molar-refractivity contribution in [3.05, 3.63) is 138 Å². The van der Waals surface area contributed by atoms with E-state index in [9.17, 15) is 0 Å². The number of hydrogen-bond acceptors (Lipinski definition) is 1. The fraction of sp³-hybridized carbons (Fsp3) is 0.152. The van der Waals surface area contributed by atoms with Gasteiger partial charge in [-0.05, 0) is 63.7 Å². The lowest BCUT2D eigenvalue weighted by Crippen LogP contribution is -2.31. The summed E-state index contributed by atoms with van der Waals surface area (Å²) in [6.45, 7) is 3.17. The summed E-state index contributed by atoms with van der Waals surface area (Å²) in [5, 5.41) is 8.96. The van der Waals surface area contributed by atoms with E-state index in [1.54, 1.807) is 0 Å². The van der Waals surface area contributed by atoms with Crippen molar-refractivity contribution in [1.29, 1.82) is 0 Å². The van der Waals surface area contributed by atoms with Crippen molar-refractivity contribution in [3.8, 4) is 0 Å². The van der Waals surface area contributed by atoms with E-state index >= 15 is 0 Å². The maximum Gasteiger partial charge on any atom is 0.0208 e. The van der Waals surface area contributed by atoms with Crippen LogP contribution in [-0.2, 0) is 6.54 Å². The van der Waals surface area contributed by atoms with Crippen LogP contribution < -0.4 is 5.32 Å². The van der Waals surface area contributed by atoms with Crippen molar-refractivity contribution in [3.63, 3.8) is 0 Å². The summed E-state index contributed by atoms with van der Waals surface area (Å²) >= 11 is 0. The standard InChI is InChI=1S/C33H31N/c1-25(34-24-27-19-21-29-12-6-8-16-32(29)23-27)33(30-13-3-2-4-14-30)17-9-10-26-18-20-28-11-5-7-15-31(28)22-26/h2-16,18-23,25,33-34H,17,24H2,1H3. The first-order valence-corrected chi connectivity index (χ1v) is 12.2. The van der Waals surface area contributed by atoms with Crippen molar-refractivity contribution in [2.75, 3.05) is 0 Å². The van der Waals surface area contributed by atoms with E-state index in [2.05, 4.69) is 140 Å². The first-order valence-electron chi connectivity index (χ1n) is 12.2. The summed E-state index contributed by atoms with van der Waals surface area (Å²) in [5.41, 5.74) is 3.95. The Kier molecular flexibility index (Phi) is 6.84. The Morgan fingerprint density at radius 2 is 1.26 bits per heavy atom. The summed E-state index contributed by atoms with van der Waals surface area (Å²) in [5.74, 6) is 0.401. The lowest BCUT2D eigenvalue weighted by Gasteiger charge is -2.25. The molecule has 0 aliphatic carbocycles. The Morgan fingerprint density at radius 3 is 2.00 bits per heavy atom. The molecular formula is C33H31N. The van der Waals surface area contributed by atoms with Crippen LogP contribution in [0.4, 0.5) is 0 Å². The van der Waals surface area contributed by atoms with Gasteiger partial charge in [0.25, 0.3) is 0 Å². The Morgan fingerprint density at radius 1 is 0.647 bits per heavy atom. The van der Waals surface area contributed by atoms with Gasteiger partial charge in [0.05, 0.1) is 0 Å². The van der Waals surface area contributed by atoms with Crippen molar-refractivity contribution in [1.82, 2.24) is 5.32 Å². The van der Waals surface area contributed by atoms with Crippen LogP contribution in [0.15, 0.2) is 121 Å². The maximum atomic E-state index is 3.80. The van der Waals surface area contributed by atoms with Gasteiger partial charge in [-0.25, -0.2) is 0 Å². The molecule has 5 rings (SSSR count). The number of benzene rings is 5. The largest absolute Gasteiger partial charge is 0.310 e. The molecule has 5 aromatic rings. The van der Waals surface area contributed by atoms with E-state index in [0.717, 1.165) is 13.0 Å². The van der Waals surface area contributed by atoms with E-state index in [4.69, 9.17) is 0 Å². The predicted octanol–water partition coefficient (Wildman–Crippen LogP) is 8.36. The molecule has 0 heterocycles. The van der Waals surface area contributed by atoms with E-state index < -0.39 is 0 Å². The lowest BCUT2D eigenvalue weighted by atomic mass is 9.89. The Hall–Kier alpha value is -3.68. The molecule has 1 heteroatoms. The highest BCUT2D eigenvalue weighted by atomic mass is 14.9. The minimum Gasteiger partial charge on any atom is -0.310 e. The van der Waals surface area contributed by atoms with Crippen LogP contribution in [0.3, 0.4) is 0 Å². The molecule has 0 aromatic heterocycles. The molecule has 168 valence electrons. The third-order valence-corrected chi connectivity index (χ3v) is 6.75. The second kappa shape index (κ2) is 10.5. The first-order chi connectivity index (χ1) is 16.8. The average molecular weight is 442 g/mol. The molecule has 0 saturated heterocycles. The highest BCUT2D eigenvalue weighted by molar-refractivity contribution is 5.84. The van der Waals surface area contributed by atoms with Gasteiger partial charge in [0, 0.05) is 18.5 Å². The Balaban J connectivity index is 1.30. The molecule has 1 nitrogen and oxygen atoms in total. The minimum atomic E-state index is 0.343. The predicted molar refractivity (Wildman–Crippen MR) is 147 cm³/mol. The molecule has 0 amide bonds. The second-order valence-corrected chi connectivity index (χ2v) is 9.11. The van der Waals surface area contributed by atoms with E-state index in [1.807, 2.05) is 0 Å². The molecule has 0 saturated carbocycles. The number of rotatable bonds is 8. The van der Waals surface area contributed by atoms with Crippen LogP contribution in [0.5, 0.6) is 0 Å². The van der Waals surface area contributed by atoms with Crippen LogP contribution in [-0.4, -0.2) is 6.04 Å². The van der Waals surface area contributed by atoms with Crippen LogP contribution in [0, 0.1) is 0 Å². The van der Waals surface area contributed by atoms with Gasteiger partial charge in [-0.15, -0.1) is 0 Å². The molecule has 0 aliphatic rings. The quantitative estimate of drug-likeness (QED) is 0.255. The summed E-state index contributed by atoms with van der Waals surface area (Å²) in [6, 6.07) is 41.8. The van der Waals surface area contributed by atoms with Crippen LogP contribution in [0.25, 0.3) is 27.6 Å². The molecule has 0 fully saturated rings. The van der Waals surface area contributed by atoms with Gasteiger partial charge < -0.3 is 5.32 Å². The van der Waals surface area contributed by atoms with Gasteiger partial charge in [0.2, 0.25) is 0 Å². The van der Waals surface area contributed by atoms with Crippen molar-refractivity contribution in [2.24, 2.45) is 0 Å². The molecule has 5 aromatic carbocycles. The maximum absolute atomic E-state index is 3.80. The first kappa shape index (κ1) is 22.1. The fourth-order valence-corrected chi connectivity index (χ4v) is 4.76. The van der Waals surface area contributed by atoms with Crippen LogP contribution in [0.2, 0.25) is 0 Å². The molecule has 34 heavy (non-hydrogen) atoms. The molecular weight excluding hydrogens is 410 g/mol. The van der Waals surface area contributed by atoms with Crippen molar-refractivity contribution >= 4 is 27.6 Å². The van der Waals surface area contributed by atoms with Crippen molar-refractivity contribution in [2.45, 2.75) is 31.8 Å². The molecule has 2 unspecified atom stereocenters. The average Bonchev–Trinajstić information content (AvgIpc) is 2.90. The number of hydrogen-bond donors (Lipinski definition) is 1. The van der Waals surface area contributed by atoms with Gasteiger partial charge in [-0.1, -0.05) is 115 Å². The van der Waals surface area contributed by atoms with Crippen LogP contribution in [0.1, 0.15) is 36.0 Å².